The predicted octanol–water partition coefficient (Wildman–Crippen LogP) is 3.88. The highest BCUT2D eigenvalue weighted by Gasteiger charge is 2.07. The van der Waals surface area contributed by atoms with E-state index in [-0.39, 0.29) is 0 Å². The summed E-state index contributed by atoms with van der Waals surface area (Å²) in [5.41, 5.74) is 2.29. The number of rotatable bonds is 1. The quantitative estimate of drug-likeness (QED) is 0.701. The molecule has 0 radical (unpaired) electrons. The summed E-state index contributed by atoms with van der Waals surface area (Å²) in [6.07, 6.45) is 0. The van der Waals surface area contributed by atoms with Crippen LogP contribution in [0.3, 0.4) is 0 Å². The van der Waals surface area contributed by atoms with Gasteiger partial charge in [0.25, 0.3) is 0 Å². The highest BCUT2D eigenvalue weighted by Crippen LogP contribution is 2.25. The average Bonchev–Trinajstić information content (AvgIpc) is 2.51. The summed E-state index contributed by atoms with van der Waals surface area (Å²) in [4.78, 5) is 4.35. The van der Waals surface area contributed by atoms with Crippen LogP contribution in [0.1, 0.15) is 5.56 Å². The first-order valence-corrected chi connectivity index (χ1v) is 6.57. The lowest BCUT2D eigenvalue weighted by atomic mass is 10.1. The maximum Gasteiger partial charge on any atom is 0.174 e. The predicted molar refractivity (Wildman–Crippen MR) is 70.5 cm³/mol. The van der Waals surface area contributed by atoms with E-state index in [4.69, 9.17) is 0 Å². The minimum Gasteiger partial charge on any atom is -0.209 e. The molecule has 1 aromatic carbocycles. The van der Waals surface area contributed by atoms with E-state index < -0.39 is 0 Å². The van der Waals surface area contributed by atoms with Crippen LogP contribution in [-0.4, -0.2) is 9.36 Å². The summed E-state index contributed by atoms with van der Waals surface area (Å²) in [5.74, 6) is 0.824. The van der Waals surface area contributed by atoms with Crippen LogP contribution in [-0.2, 0) is 0 Å². The Morgan fingerprint density at radius 2 is 2.21 bits per heavy atom. The van der Waals surface area contributed by atoms with Crippen molar-refractivity contribution >= 4 is 50.1 Å². The number of halogens is 2. The molecule has 72 valence electrons. The number of aromatic nitrogens is 2. The van der Waals surface area contributed by atoms with Crippen molar-refractivity contribution in [3.63, 3.8) is 0 Å². The van der Waals surface area contributed by atoms with Crippen LogP contribution in [0, 0.1) is 9.94 Å². The van der Waals surface area contributed by atoms with Crippen LogP contribution in [0.4, 0.5) is 0 Å². The van der Waals surface area contributed by atoms with Crippen molar-refractivity contribution in [2.45, 2.75) is 6.92 Å². The van der Waals surface area contributed by atoms with Crippen LogP contribution in [0.2, 0.25) is 0 Å². The lowest BCUT2D eigenvalue weighted by Gasteiger charge is -2.01. The topological polar surface area (TPSA) is 25.8 Å². The van der Waals surface area contributed by atoms with E-state index in [0.29, 0.717) is 0 Å². The molecule has 5 heteroatoms. The Kier molecular flexibility index (Phi) is 3.18. The fourth-order valence-electron chi connectivity index (χ4n) is 1.19. The second kappa shape index (κ2) is 4.24. The number of benzene rings is 1. The Morgan fingerprint density at radius 3 is 2.79 bits per heavy atom. The van der Waals surface area contributed by atoms with E-state index in [2.05, 4.69) is 60.9 Å². The summed E-state index contributed by atoms with van der Waals surface area (Å²) < 4.78 is 6.34. The molecule has 0 spiro atoms. The van der Waals surface area contributed by atoms with Gasteiger partial charge in [0.1, 0.15) is 0 Å². The highest BCUT2D eigenvalue weighted by atomic mass is 127. The minimum atomic E-state index is 0.824. The summed E-state index contributed by atoms with van der Waals surface area (Å²) in [5, 5.41) is 0. The van der Waals surface area contributed by atoms with Gasteiger partial charge in [-0.2, -0.15) is 4.37 Å². The molecule has 1 heterocycles. The SMILES string of the molecule is Cc1cc(Br)ccc1-c1nsc(I)n1. The molecular weight excluding hydrogens is 375 g/mol. The lowest BCUT2D eigenvalue weighted by Crippen LogP contribution is -1.85. The van der Waals surface area contributed by atoms with Gasteiger partial charge in [-0.25, -0.2) is 4.98 Å². The molecule has 0 atom stereocenters. The van der Waals surface area contributed by atoms with E-state index in [1.807, 2.05) is 12.1 Å². The highest BCUT2D eigenvalue weighted by molar-refractivity contribution is 14.1. The number of aryl methyl sites for hydroxylation is 1. The molecule has 14 heavy (non-hydrogen) atoms. The van der Waals surface area contributed by atoms with E-state index in [1.54, 1.807) is 0 Å². The Balaban J connectivity index is 2.52. The zero-order valence-electron chi connectivity index (χ0n) is 7.29. The van der Waals surface area contributed by atoms with Gasteiger partial charge in [-0.15, -0.1) is 0 Å². The lowest BCUT2D eigenvalue weighted by molar-refractivity contribution is 1.28. The summed E-state index contributed by atoms with van der Waals surface area (Å²) in [6.45, 7) is 2.06. The van der Waals surface area contributed by atoms with Crippen LogP contribution >= 0.6 is 50.1 Å². The van der Waals surface area contributed by atoms with Gasteiger partial charge in [-0.1, -0.05) is 15.9 Å². The van der Waals surface area contributed by atoms with Crippen molar-refractivity contribution in [1.82, 2.24) is 9.36 Å². The van der Waals surface area contributed by atoms with Crippen molar-refractivity contribution in [3.05, 3.63) is 31.2 Å². The van der Waals surface area contributed by atoms with E-state index in [1.165, 1.54) is 17.1 Å². The van der Waals surface area contributed by atoms with Crippen LogP contribution in [0.25, 0.3) is 11.4 Å². The normalized spacial score (nSPS) is 10.5. The van der Waals surface area contributed by atoms with Crippen molar-refractivity contribution < 1.29 is 0 Å². The molecule has 0 bridgehead atoms. The molecule has 0 fully saturated rings. The summed E-state index contributed by atoms with van der Waals surface area (Å²) in [6, 6.07) is 6.12. The standard InChI is InChI=1S/C9H6BrIN2S/c1-5-4-6(10)2-3-7(5)8-12-9(11)14-13-8/h2-4H,1H3. The molecule has 0 amide bonds. The fourth-order valence-corrected chi connectivity index (χ4v) is 2.62. The Labute approximate surface area is 108 Å². The second-order valence-electron chi connectivity index (χ2n) is 2.83. The Hall–Kier alpha value is -0.0100. The summed E-state index contributed by atoms with van der Waals surface area (Å²) in [7, 11) is 0. The van der Waals surface area contributed by atoms with Gasteiger partial charge in [-0.3, -0.25) is 0 Å². The molecule has 0 aliphatic carbocycles. The molecule has 0 saturated heterocycles. The van der Waals surface area contributed by atoms with Crippen molar-refractivity contribution in [2.75, 3.05) is 0 Å². The zero-order valence-corrected chi connectivity index (χ0v) is 11.9. The third-order valence-electron chi connectivity index (χ3n) is 1.83. The number of hydrogen-bond donors (Lipinski definition) is 0. The molecule has 0 aliphatic rings. The van der Waals surface area contributed by atoms with Gasteiger partial charge in [0.2, 0.25) is 0 Å². The van der Waals surface area contributed by atoms with Crippen LogP contribution < -0.4 is 0 Å². The van der Waals surface area contributed by atoms with E-state index in [9.17, 15) is 0 Å². The molecule has 0 saturated carbocycles. The maximum absolute atomic E-state index is 4.35. The van der Waals surface area contributed by atoms with Crippen LogP contribution in [0.5, 0.6) is 0 Å². The number of hydrogen-bond acceptors (Lipinski definition) is 3. The van der Waals surface area contributed by atoms with E-state index in [0.717, 1.165) is 18.9 Å². The van der Waals surface area contributed by atoms with Gasteiger partial charge in [0.05, 0.1) is 0 Å². The van der Waals surface area contributed by atoms with Gasteiger partial charge < -0.3 is 0 Å². The molecule has 2 aromatic rings. The third-order valence-corrected chi connectivity index (χ3v) is 3.66. The fraction of sp³-hybridized carbons (Fsp3) is 0.111. The minimum absolute atomic E-state index is 0.824. The first-order chi connectivity index (χ1) is 6.66. The Morgan fingerprint density at radius 1 is 1.43 bits per heavy atom. The van der Waals surface area contributed by atoms with E-state index >= 15 is 0 Å². The van der Waals surface area contributed by atoms with Gasteiger partial charge in [0, 0.05) is 10.0 Å². The Bertz CT molecular complexity index is 470. The maximum atomic E-state index is 4.35. The monoisotopic (exact) mass is 380 g/mol. The van der Waals surface area contributed by atoms with Crippen molar-refractivity contribution in [2.24, 2.45) is 0 Å². The molecule has 0 aliphatic heterocycles. The smallest absolute Gasteiger partial charge is 0.174 e. The largest absolute Gasteiger partial charge is 0.209 e. The molecule has 2 rings (SSSR count). The number of nitrogens with zero attached hydrogens (tertiary/aromatic N) is 2. The second-order valence-corrected chi connectivity index (χ2v) is 6.25. The third kappa shape index (κ3) is 2.14. The molecule has 1 aromatic heterocycles. The molecule has 0 N–H and O–H groups in total. The summed E-state index contributed by atoms with van der Waals surface area (Å²) >= 11 is 7.04. The molecule has 2 nitrogen and oxygen atoms in total. The van der Waals surface area contributed by atoms with Crippen molar-refractivity contribution in [1.29, 1.82) is 0 Å². The first-order valence-electron chi connectivity index (χ1n) is 3.92. The van der Waals surface area contributed by atoms with Crippen molar-refractivity contribution in [3.8, 4) is 11.4 Å². The van der Waals surface area contributed by atoms with Crippen LogP contribution in [0.15, 0.2) is 22.7 Å². The van der Waals surface area contributed by atoms with Gasteiger partial charge in [-0.05, 0) is 64.8 Å². The van der Waals surface area contributed by atoms with Gasteiger partial charge >= 0.3 is 0 Å². The first kappa shape index (κ1) is 10.5. The average molecular weight is 381 g/mol. The molecular formula is C9H6BrIN2S. The zero-order chi connectivity index (χ0) is 10.1. The van der Waals surface area contributed by atoms with Gasteiger partial charge in [0.15, 0.2) is 8.84 Å². The molecule has 0 unspecified atom stereocenters.